The van der Waals surface area contributed by atoms with E-state index in [0.717, 1.165) is 0 Å². The van der Waals surface area contributed by atoms with Crippen LogP contribution in [0.3, 0.4) is 0 Å². The largest absolute Gasteiger partial charge is 0.494 e. The van der Waals surface area contributed by atoms with Crippen molar-refractivity contribution in [2.75, 3.05) is 6.61 Å². The Morgan fingerprint density at radius 3 is 2.48 bits per heavy atom. The molecule has 0 unspecified atom stereocenters. The summed E-state index contributed by atoms with van der Waals surface area (Å²) in [5, 5.41) is 10.9. The van der Waals surface area contributed by atoms with Crippen LogP contribution in [0.1, 0.15) is 24.2 Å². The number of aromatic nitrogens is 4. The molecule has 0 aliphatic heterocycles. The number of nitrogens with zero attached hydrogens (tertiary/aromatic N) is 4. The van der Waals surface area contributed by atoms with Gasteiger partial charge in [-0.15, -0.1) is 5.10 Å². The lowest BCUT2D eigenvalue weighted by Gasteiger charge is -2.16. The molecule has 2 aromatic carbocycles. The summed E-state index contributed by atoms with van der Waals surface area (Å²) < 4.78 is 12.3. The van der Waals surface area contributed by atoms with Gasteiger partial charge < -0.3 is 9.47 Å². The van der Waals surface area contributed by atoms with E-state index in [2.05, 4.69) is 26.4 Å². The van der Waals surface area contributed by atoms with Crippen LogP contribution < -0.4 is 20.3 Å². The predicted molar refractivity (Wildman–Crippen MR) is 102 cm³/mol. The van der Waals surface area contributed by atoms with Crippen LogP contribution in [0.4, 0.5) is 0 Å². The molecule has 0 radical (unpaired) electrons. The highest BCUT2D eigenvalue weighted by Gasteiger charge is 2.18. The van der Waals surface area contributed by atoms with Crippen LogP contribution in [0, 0.1) is 0 Å². The third-order valence-corrected chi connectivity index (χ3v) is 3.86. The molecule has 1 aromatic heterocycles. The second-order valence-corrected chi connectivity index (χ2v) is 5.88. The van der Waals surface area contributed by atoms with E-state index < -0.39 is 17.9 Å². The number of benzene rings is 2. The SMILES string of the molecule is CCOc1ccc(O[C@H](C)C(=O)NNC(=O)c2ccccc2-n2cnnn2)cc1. The van der Waals surface area contributed by atoms with E-state index in [1.165, 1.54) is 11.0 Å². The monoisotopic (exact) mass is 396 g/mol. The average Bonchev–Trinajstić information content (AvgIpc) is 3.28. The van der Waals surface area contributed by atoms with Crippen molar-refractivity contribution >= 4 is 11.8 Å². The minimum Gasteiger partial charge on any atom is -0.494 e. The molecule has 0 aliphatic rings. The number of para-hydroxylation sites is 1. The molecular formula is C19H20N6O4. The van der Waals surface area contributed by atoms with Gasteiger partial charge in [-0.3, -0.25) is 20.4 Å². The van der Waals surface area contributed by atoms with Crippen LogP contribution >= 0.6 is 0 Å². The minimum atomic E-state index is -0.831. The van der Waals surface area contributed by atoms with Crippen LogP contribution in [0.2, 0.25) is 0 Å². The van der Waals surface area contributed by atoms with Crippen molar-refractivity contribution in [2.24, 2.45) is 0 Å². The second-order valence-electron chi connectivity index (χ2n) is 5.88. The molecule has 150 valence electrons. The molecular weight excluding hydrogens is 376 g/mol. The maximum absolute atomic E-state index is 12.5. The number of carbonyl (C=O) groups is 2. The normalized spacial score (nSPS) is 11.4. The number of tetrazole rings is 1. The maximum Gasteiger partial charge on any atom is 0.279 e. The zero-order valence-corrected chi connectivity index (χ0v) is 15.9. The summed E-state index contributed by atoms with van der Waals surface area (Å²) in [5.41, 5.74) is 5.50. The van der Waals surface area contributed by atoms with Gasteiger partial charge in [0, 0.05) is 0 Å². The fraction of sp³-hybridized carbons (Fsp3) is 0.211. The van der Waals surface area contributed by atoms with Crippen molar-refractivity contribution < 1.29 is 19.1 Å². The van der Waals surface area contributed by atoms with Gasteiger partial charge >= 0.3 is 0 Å². The molecule has 2 N–H and O–H groups in total. The predicted octanol–water partition coefficient (Wildman–Crippen LogP) is 1.29. The first-order valence-corrected chi connectivity index (χ1v) is 8.90. The van der Waals surface area contributed by atoms with E-state index in [0.29, 0.717) is 29.4 Å². The van der Waals surface area contributed by atoms with Gasteiger partial charge in [0.15, 0.2) is 6.10 Å². The molecule has 29 heavy (non-hydrogen) atoms. The summed E-state index contributed by atoms with van der Waals surface area (Å²) in [5.74, 6) is 0.196. The quantitative estimate of drug-likeness (QED) is 0.577. The summed E-state index contributed by atoms with van der Waals surface area (Å²) in [4.78, 5) is 24.7. The van der Waals surface area contributed by atoms with Gasteiger partial charge in [0.05, 0.1) is 17.9 Å². The van der Waals surface area contributed by atoms with Gasteiger partial charge in [-0.2, -0.15) is 4.68 Å². The number of hydrazine groups is 1. The Bertz CT molecular complexity index is 959. The average molecular weight is 396 g/mol. The smallest absolute Gasteiger partial charge is 0.279 e. The van der Waals surface area contributed by atoms with E-state index in [1.807, 2.05) is 6.92 Å². The minimum absolute atomic E-state index is 0.292. The van der Waals surface area contributed by atoms with Gasteiger partial charge in [0.2, 0.25) is 0 Å². The number of nitrogens with one attached hydrogen (secondary N) is 2. The summed E-state index contributed by atoms with van der Waals surface area (Å²) in [6.07, 6.45) is 0.542. The molecule has 1 atom stereocenters. The zero-order chi connectivity index (χ0) is 20.6. The molecule has 0 bridgehead atoms. The first-order chi connectivity index (χ1) is 14.1. The lowest BCUT2D eigenvalue weighted by atomic mass is 10.1. The summed E-state index contributed by atoms with van der Waals surface area (Å²) >= 11 is 0. The summed E-state index contributed by atoms with van der Waals surface area (Å²) in [6.45, 7) is 4.04. The highest BCUT2D eigenvalue weighted by molar-refractivity contribution is 5.98. The highest BCUT2D eigenvalue weighted by Crippen LogP contribution is 2.18. The van der Waals surface area contributed by atoms with Crippen molar-refractivity contribution in [1.82, 2.24) is 31.1 Å². The van der Waals surface area contributed by atoms with E-state index >= 15 is 0 Å². The van der Waals surface area contributed by atoms with Gasteiger partial charge in [0.25, 0.3) is 11.8 Å². The Kier molecular flexibility index (Phi) is 6.36. The maximum atomic E-state index is 12.5. The third kappa shape index (κ3) is 5.06. The van der Waals surface area contributed by atoms with Crippen molar-refractivity contribution in [3.8, 4) is 17.2 Å². The van der Waals surface area contributed by atoms with E-state index in [4.69, 9.17) is 9.47 Å². The van der Waals surface area contributed by atoms with Crippen LogP contribution in [-0.2, 0) is 4.79 Å². The van der Waals surface area contributed by atoms with Crippen molar-refractivity contribution in [3.63, 3.8) is 0 Å². The molecule has 0 aliphatic carbocycles. The molecule has 0 fully saturated rings. The molecule has 10 heteroatoms. The Morgan fingerprint density at radius 1 is 1.07 bits per heavy atom. The number of hydrogen-bond donors (Lipinski definition) is 2. The highest BCUT2D eigenvalue weighted by atomic mass is 16.5. The lowest BCUT2D eigenvalue weighted by molar-refractivity contribution is -0.128. The second kappa shape index (κ2) is 9.31. The van der Waals surface area contributed by atoms with Crippen LogP contribution in [0.15, 0.2) is 54.9 Å². The molecule has 0 saturated heterocycles. The van der Waals surface area contributed by atoms with Gasteiger partial charge in [-0.05, 0) is 60.7 Å². The molecule has 3 aromatic rings. The molecule has 3 rings (SSSR count). The zero-order valence-electron chi connectivity index (χ0n) is 15.9. The summed E-state index contributed by atoms with van der Waals surface area (Å²) in [6, 6.07) is 13.6. The Labute approximate surface area is 166 Å². The number of ether oxygens (including phenoxy) is 2. The third-order valence-electron chi connectivity index (χ3n) is 3.86. The van der Waals surface area contributed by atoms with Gasteiger partial charge in [0.1, 0.15) is 17.8 Å². The van der Waals surface area contributed by atoms with E-state index in [-0.39, 0.29) is 0 Å². The number of carbonyl (C=O) groups excluding carboxylic acids is 2. The van der Waals surface area contributed by atoms with Crippen molar-refractivity contribution in [1.29, 1.82) is 0 Å². The Hall–Kier alpha value is -3.95. The van der Waals surface area contributed by atoms with Crippen LogP contribution in [0.25, 0.3) is 5.69 Å². The number of hydrogen-bond acceptors (Lipinski definition) is 7. The lowest BCUT2D eigenvalue weighted by Crippen LogP contribution is -2.47. The fourth-order valence-electron chi connectivity index (χ4n) is 2.46. The van der Waals surface area contributed by atoms with E-state index in [9.17, 15) is 9.59 Å². The fourth-order valence-corrected chi connectivity index (χ4v) is 2.46. The topological polar surface area (TPSA) is 120 Å². The first-order valence-electron chi connectivity index (χ1n) is 8.90. The Balaban J connectivity index is 1.57. The molecule has 2 amide bonds. The van der Waals surface area contributed by atoms with E-state index in [1.54, 1.807) is 55.5 Å². The van der Waals surface area contributed by atoms with Gasteiger partial charge in [-0.25, -0.2) is 0 Å². The Morgan fingerprint density at radius 2 is 1.79 bits per heavy atom. The van der Waals surface area contributed by atoms with Crippen LogP contribution in [-0.4, -0.2) is 44.7 Å². The number of amides is 2. The first kappa shape index (κ1) is 19.8. The van der Waals surface area contributed by atoms with Crippen molar-refractivity contribution in [3.05, 3.63) is 60.4 Å². The number of rotatable bonds is 7. The van der Waals surface area contributed by atoms with Crippen LogP contribution in [0.5, 0.6) is 11.5 Å². The molecule has 0 saturated carbocycles. The molecule has 1 heterocycles. The molecule has 10 nitrogen and oxygen atoms in total. The summed E-state index contributed by atoms with van der Waals surface area (Å²) in [7, 11) is 0. The van der Waals surface area contributed by atoms with Gasteiger partial charge in [-0.1, -0.05) is 12.1 Å². The molecule has 0 spiro atoms. The van der Waals surface area contributed by atoms with Crippen molar-refractivity contribution in [2.45, 2.75) is 20.0 Å². The standard InChI is InChI=1S/C19H20N6O4/c1-3-28-14-8-10-15(11-9-14)29-13(2)18(26)21-22-19(27)16-6-4-5-7-17(16)25-12-20-23-24-25/h4-13H,3H2,1-2H3,(H,21,26)(H,22,27)/t13-/m1/s1.